The van der Waals surface area contributed by atoms with Gasteiger partial charge in [0.05, 0.1) is 11.0 Å². The molecule has 5 rings (SSSR count). The molecule has 0 aromatic heterocycles. The summed E-state index contributed by atoms with van der Waals surface area (Å²) in [6.45, 7) is 4.09. The van der Waals surface area contributed by atoms with Crippen LogP contribution >= 0.6 is 0 Å². The summed E-state index contributed by atoms with van der Waals surface area (Å²) in [4.78, 5) is 10.2. The third kappa shape index (κ3) is 3.19. The van der Waals surface area contributed by atoms with E-state index in [9.17, 15) is 10.1 Å². The van der Waals surface area contributed by atoms with Crippen molar-refractivity contribution in [1.29, 1.82) is 0 Å². The van der Waals surface area contributed by atoms with Crippen LogP contribution in [-0.4, -0.2) is 11.0 Å². The molecule has 1 aromatic carbocycles. The van der Waals surface area contributed by atoms with Crippen LogP contribution in [0.1, 0.15) is 63.5 Å². The normalized spacial score (nSPS) is 33.3. The Bertz CT molecular complexity index is 672. The van der Waals surface area contributed by atoms with Crippen molar-refractivity contribution in [1.82, 2.24) is 0 Å². The summed E-state index contributed by atoms with van der Waals surface area (Å²) in [6, 6.07) is 6.19. The molecule has 0 saturated heterocycles. The van der Waals surface area contributed by atoms with Crippen molar-refractivity contribution in [3.05, 3.63) is 45.6 Å². The lowest BCUT2D eigenvalue weighted by Crippen LogP contribution is -2.48. The fourth-order valence-corrected chi connectivity index (χ4v) is 6.02. The Hall–Kier alpha value is -1.84. The second-order valence-electron chi connectivity index (χ2n) is 8.72. The number of nitrogens with zero attached hydrogens (tertiary/aromatic N) is 1. The molecule has 1 aromatic rings. The molecule has 4 fully saturated rings. The quantitative estimate of drug-likeness (QED) is 0.547. The second-order valence-corrected chi connectivity index (χ2v) is 8.72. The van der Waals surface area contributed by atoms with Crippen molar-refractivity contribution in [3.63, 3.8) is 0 Å². The summed E-state index contributed by atoms with van der Waals surface area (Å²) in [7, 11) is 0. The van der Waals surface area contributed by atoms with Gasteiger partial charge in [-0.15, -0.1) is 0 Å². The number of hydrogen-bond acceptors (Lipinski definition) is 3. The van der Waals surface area contributed by atoms with Crippen LogP contribution in [0.5, 0.6) is 5.75 Å². The van der Waals surface area contributed by atoms with Gasteiger partial charge in [0.25, 0.3) is 0 Å². The molecule has 0 amide bonds. The third-order valence-electron chi connectivity index (χ3n) is 6.37. The predicted molar refractivity (Wildman–Crippen MR) is 98.1 cm³/mol. The van der Waals surface area contributed by atoms with Crippen molar-refractivity contribution >= 4 is 6.08 Å². The van der Waals surface area contributed by atoms with Gasteiger partial charge in [-0.3, -0.25) is 10.1 Å². The number of benzene rings is 1. The topological polar surface area (TPSA) is 52.4 Å². The standard InChI is InChI=1S/C21H27NO3/c1-14(2)25-20-10-15(5-6-22(23)24)3-4-19(20)21-11-16-7-17(12-21)9-18(8-16)13-21/h3-6,10,14,16-18H,7-9,11-13H2,1-2H3. The zero-order valence-electron chi connectivity index (χ0n) is 15.1. The van der Waals surface area contributed by atoms with Crippen molar-refractivity contribution in [2.24, 2.45) is 17.8 Å². The third-order valence-corrected chi connectivity index (χ3v) is 6.37. The summed E-state index contributed by atoms with van der Waals surface area (Å²) >= 11 is 0. The average molecular weight is 341 g/mol. The Morgan fingerprint density at radius 1 is 1.16 bits per heavy atom. The molecule has 25 heavy (non-hydrogen) atoms. The maximum absolute atomic E-state index is 10.6. The highest BCUT2D eigenvalue weighted by molar-refractivity contribution is 5.55. The molecular weight excluding hydrogens is 314 g/mol. The number of ether oxygens (including phenoxy) is 1. The average Bonchev–Trinajstić information content (AvgIpc) is 2.51. The molecule has 0 unspecified atom stereocenters. The molecule has 0 aliphatic heterocycles. The van der Waals surface area contributed by atoms with Crippen molar-refractivity contribution < 1.29 is 9.66 Å². The monoisotopic (exact) mass is 341 g/mol. The highest BCUT2D eigenvalue weighted by Gasteiger charge is 2.52. The Kier molecular flexibility index (Phi) is 4.09. The van der Waals surface area contributed by atoms with Gasteiger partial charge in [-0.25, -0.2) is 0 Å². The fraction of sp³-hybridized carbons (Fsp3) is 0.619. The molecule has 0 radical (unpaired) electrons. The molecule has 0 heterocycles. The zero-order valence-corrected chi connectivity index (χ0v) is 15.1. The first-order valence-electron chi connectivity index (χ1n) is 9.56. The maximum atomic E-state index is 10.6. The SMILES string of the molecule is CC(C)Oc1cc(C=C[N+](=O)[O-])ccc1C12CC3CC(CC(C3)C1)C2. The first-order valence-corrected chi connectivity index (χ1v) is 9.56. The minimum atomic E-state index is -0.421. The number of rotatable bonds is 5. The Morgan fingerprint density at radius 2 is 1.76 bits per heavy atom. The lowest BCUT2D eigenvalue weighted by atomic mass is 9.48. The molecule has 4 bridgehead atoms. The van der Waals surface area contributed by atoms with Gasteiger partial charge in [0.1, 0.15) is 5.75 Å². The van der Waals surface area contributed by atoms with Crippen molar-refractivity contribution in [2.75, 3.05) is 0 Å². The van der Waals surface area contributed by atoms with E-state index in [4.69, 9.17) is 4.74 Å². The predicted octanol–water partition coefficient (Wildman–Crippen LogP) is 5.19. The highest BCUT2D eigenvalue weighted by atomic mass is 16.6. The van der Waals surface area contributed by atoms with Crippen LogP contribution in [0.25, 0.3) is 6.08 Å². The van der Waals surface area contributed by atoms with Gasteiger partial charge in [0.2, 0.25) is 6.20 Å². The minimum Gasteiger partial charge on any atom is -0.491 e. The summed E-state index contributed by atoms with van der Waals surface area (Å²) in [6.07, 6.45) is 10.8. The summed E-state index contributed by atoms with van der Waals surface area (Å²) in [5, 5.41) is 10.6. The van der Waals surface area contributed by atoms with Crippen LogP contribution in [0, 0.1) is 27.9 Å². The van der Waals surface area contributed by atoms with Gasteiger partial charge >= 0.3 is 0 Å². The van der Waals surface area contributed by atoms with Crippen LogP contribution in [0.15, 0.2) is 24.4 Å². The van der Waals surface area contributed by atoms with Crippen LogP contribution in [0.3, 0.4) is 0 Å². The van der Waals surface area contributed by atoms with E-state index in [-0.39, 0.29) is 11.5 Å². The molecular formula is C21H27NO3. The molecule has 4 nitrogen and oxygen atoms in total. The van der Waals surface area contributed by atoms with E-state index in [0.717, 1.165) is 35.3 Å². The van der Waals surface area contributed by atoms with Gasteiger partial charge in [-0.2, -0.15) is 0 Å². The highest BCUT2D eigenvalue weighted by Crippen LogP contribution is 2.61. The van der Waals surface area contributed by atoms with Crippen molar-refractivity contribution in [2.45, 2.75) is 63.9 Å². The molecule has 4 heteroatoms. The Morgan fingerprint density at radius 3 is 2.28 bits per heavy atom. The lowest BCUT2D eigenvalue weighted by Gasteiger charge is -2.57. The molecule has 0 N–H and O–H groups in total. The van der Waals surface area contributed by atoms with Crippen LogP contribution < -0.4 is 4.74 Å². The Labute approximate surface area is 149 Å². The van der Waals surface area contributed by atoms with E-state index in [1.807, 2.05) is 26.0 Å². The Balaban J connectivity index is 1.72. The van der Waals surface area contributed by atoms with Crippen LogP contribution in [0.2, 0.25) is 0 Å². The van der Waals surface area contributed by atoms with Gasteiger partial charge in [-0.1, -0.05) is 12.1 Å². The van der Waals surface area contributed by atoms with E-state index >= 15 is 0 Å². The zero-order chi connectivity index (χ0) is 17.6. The summed E-state index contributed by atoms with van der Waals surface area (Å²) in [5.74, 6) is 3.58. The molecule has 0 atom stereocenters. The summed E-state index contributed by atoms with van der Waals surface area (Å²) < 4.78 is 6.18. The maximum Gasteiger partial charge on any atom is 0.235 e. The summed E-state index contributed by atoms with van der Waals surface area (Å²) in [5.41, 5.74) is 2.45. The van der Waals surface area contributed by atoms with Gasteiger partial charge < -0.3 is 4.74 Å². The van der Waals surface area contributed by atoms with Crippen molar-refractivity contribution in [3.8, 4) is 5.75 Å². The van der Waals surface area contributed by atoms with E-state index in [0.29, 0.717) is 0 Å². The van der Waals surface area contributed by atoms with E-state index < -0.39 is 4.92 Å². The lowest BCUT2D eigenvalue weighted by molar-refractivity contribution is -0.400. The molecule has 134 valence electrons. The second kappa shape index (κ2) is 6.15. The van der Waals surface area contributed by atoms with Crippen LogP contribution in [0.4, 0.5) is 0 Å². The smallest absolute Gasteiger partial charge is 0.235 e. The van der Waals surface area contributed by atoms with Gasteiger partial charge in [0, 0.05) is 11.6 Å². The van der Waals surface area contributed by atoms with E-state index in [1.165, 1.54) is 44.1 Å². The number of hydrogen-bond donors (Lipinski definition) is 0. The van der Waals surface area contributed by atoms with Gasteiger partial charge in [0.15, 0.2) is 0 Å². The molecule has 4 aliphatic rings. The van der Waals surface area contributed by atoms with E-state index in [1.54, 1.807) is 6.08 Å². The largest absolute Gasteiger partial charge is 0.491 e. The van der Waals surface area contributed by atoms with E-state index in [2.05, 4.69) is 6.07 Å². The fourth-order valence-electron chi connectivity index (χ4n) is 6.02. The molecule has 4 aliphatic carbocycles. The van der Waals surface area contributed by atoms with Crippen LogP contribution in [-0.2, 0) is 5.41 Å². The van der Waals surface area contributed by atoms with Gasteiger partial charge in [-0.05, 0) is 87.2 Å². The minimum absolute atomic E-state index is 0.0995. The first kappa shape index (κ1) is 16.6. The first-order chi connectivity index (χ1) is 11.9. The molecule has 0 spiro atoms. The number of nitro groups is 1. The molecule has 4 saturated carbocycles.